The van der Waals surface area contributed by atoms with Crippen molar-refractivity contribution >= 4 is 43.1 Å². The molecule has 6 rings (SSSR count). The normalized spacial score (nSPS) is 14.3. The lowest BCUT2D eigenvalue weighted by molar-refractivity contribution is 0.0625. The molecule has 304 valence electrons. The van der Waals surface area contributed by atoms with Crippen molar-refractivity contribution in [2.24, 2.45) is 14.1 Å². The van der Waals surface area contributed by atoms with Gasteiger partial charge in [-0.25, -0.2) is 0 Å². The molecule has 1 aliphatic heterocycles. The third-order valence-corrected chi connectivity index (χ3v) is 16.9. The maximum Gasteiger partial charge on any atom is 0.264 e. The van der Waals surface area contributed by atoms with Crippen molar-refractivity contribution in [3.63, 3.8) is 0 Å². The molecule has 0 saturated heterocycles. The van der Waals surface area contributed by atoms with Crippen LogP contribution in [0.5, 0.6) is 5.75 Å². The van der Waals surface area contributed by atoms with E-state index in [0.717, 1.165) is 48.5 Å². The molecule has 1 unspecified atom stereocenters. The van der Waals surface area contributed by atoms with Gasteiger partial charge < -0.3 is 23.4 Å². The second-order valence-corrected chi connectivity index (χ2v) is 22.6. The van der Waals surface area contributed by atoms with E-state index < -0.39 is 8.32 Å². The van der Waals surface area contributed by atoms with Crippen LogP contribution in [0.25, 0.3) is 11.3 Å². The van der Waals surface area contributed by atoms with E-state index in [1.165, 1.54) is 5.56 Å². The summed E-state index contributed by atoms with van der Waals surface area (Å²) in [7, 11) is 5.78. The van der Waals surface area contributed by atoms with Crippen molar-refractivity contribution in [1.29, 1.82) is 5.26 Å². The Balaban J connectivity index is 1.41. The molecule has 2 aromatic heterocycles. The highest BCUT2D eigenvalue weighted by Gasteiger charge is 2.39. The van der Waals surface area contributed by atoms with Crippen molar-refractivity contribution < 1.29 is 14.0 Å². The summed E-state index contributed by atoms with van der Waals surface area (Å²) >= 11 is 6.70. The van der Waals surface area contributed by atoms with Gasteiger partial charge in [-0.1, -0.05) is 56.6 Å². The zero-order valence-corrected chi connectivity index (χ0v) is 37.7. The topological polar surface area (TPSA) is 86.7 Å². The largest absolute Gasteiger partial charge is 0.544 e. The maximum absolute atomic E-state index is 15.1. The smallest absolute Gasteiger partial charge is 0.264 e. The summed E-state index contributed by atoms with van der Waals surface area (Å²) in [4.78, 5) is 35.8. The zero-order valence-electron chi connectivity index (χ0n) is 35.9. The summed E-state index contributed by atoms with van der Waals surface area (Å²) in [6.07, 6.45) is 2.65. The van der Waals surface area contributed by atoms with Gasteiger partial charge in [-0.05, 0) is 138 Å². The molecule has 0 saturated carbocycles. The zero-order chi connectivity index (χ0) is 42.3. The van der Waals surface area contributed by atoms with E-state index in [0.29, 0.717) is 51.0 Å². The van der Waals surface area contributed by atoms with E-state index in [9.17, 15) is 10.1 Å². The molecule has 3 aromatic carbocycles. The van der Waals surface area contributed by atoms with Crippen LogP contribution in [-0.4, -0.2) is 65.7 Å². The molecule has 11 heteroatoms. The molecule has 58 heavy (non-hydrogen) atoms. The predicted molar refractivity (Wildman–Crippen MR) is 238 cm³/mol. The second-order valence-electron chi connectivity index (χ2n) is 17.5. The molecule has 0 N–H and O–H groups in total. The Bertz CT molecular complexity index is 2380. The Labute approximate surface area is 350 Å². The molecule has 2 amide bonds. The van der Waals surface area contributed by atoms with Crippen LogP contribution >= 0.6 is 11.6 Å². The van der Waals surface area contributed by atoms with E-state index in [1.807, 2.05) is 85.9 Å². The van der Waals surface area contributed by atoms with Gasteiger partial charge in [0.05, 0.1) is 11.3 Å². The number of hydrogen-bond donors (Lipinski definition) is 0. The maximum atomic E-state index is 15.1. The first-order chi connectivity index (χ1) is 27.3. The molecular weight excluding hydrogens is 760 g/mol. The molecule has 5 aromatic rings. The van der Waals surface area contributed by atoms with Gasteiger partial charge in [-0.3, -0.25) is 14.5 Å². The molecule has 1 aliphatic rings. The number of nitriles is 1. The quantitative estimate of drug-likeness (QED) is 0.124. The number of benzene rings is 3. The van der Waals surface area contributed by atoms with Crippen LogP contribution < -0.4 is 9.33 Å². The lowest BCUT2D eigenvalue weighted by Crippen LogP contribution is -2.44. The minimum absolute atomic E-state index is 0.0192. The first-order valence-electron chi connectivity index (χ1n) is 20.0. The van der Waals surface area contributed by atoms with Crippen molar-refractivity contribution in [1.82, 2.24) is 18.9 Å². The molecule has 1 atom stereocenters. The van der Waals surface area contributed by atoms with Crippen LogP contribution in [-0.2, 0) is 27.1 Å². The summed E-state index contributed by atoms with van der Waals surface area (Å²) in [5.41, 5.74) is 8.00. The Morgan fingerprint density at radius 1 is 0.914 bits per heavy atom. The lowest BCUT2D eigenvalue weighted by Gasteiger charge is -2.38. The summed E-state index contributed by atoms with van der Waals surface area (Å²) in [6, 6.07) is 27.4. The van der Waals surface area contributed by atoms with E-state index in [4.69, 9.17) is 16.0 Å². The highest BCUT2D eigenvalue weighted by atomic mass is 35.5. The highest BCUT2D eigenvalue weighted by molar-refractivity contribution is 6.74. The number of halogens is 1. The van der Waals surface area contributed by atoms with Gasteiger partial charge in [0, 0.05) is 65.6 Å². The summed E-state index contributed by atoms with van der Waals surface area (Å²) in [5, 5.41) is 10.5. The first kappa shape index (κ1) is 42.5. The highest BCUT2D eigenvalue weighted by Crippen LogP contribution is 2.40. The minimum atomic E-state index is -2.11. The minimum Gasteiger partial charge on any atom is -0.544 e. The fourth-order valence-electron chi connectivity index (χ4n) is 7.58. The van der Waals surface area contributed by atoms with Crippen molar-refractivity contribution in [3.05, 3.63) is 123 Å². The number of carbonyl (C=O) groups is 2. The number of aromatic nitrogens is 2. The number of fused-ring (bicyclic) bond motifs is 1. The van der Waals surface area contributed by atoms with Crippen LogP contribution in [0.1, 0.15) is 82.5 Å². The van der Waals surface area contributed by atoms with Gasteiger partial charge in [0.2, 0.25) is 8.32 Å². The molecular formula is C47H57ClN6O3Si. The fourth-order valence-corrected chi connectivity index (χ4v) is 8.79. The fraction of sp³-hybridized carbons (Fsp3) is 0.383. The second kappa shape index (κ2) is 16.6. The van der Waals surface area contributed by atoms with Gasteiger partial charge in [0.1, 0.15) is 17.5 Å². The Morgan fingerprint density at radius 2 is 1.59 bits per heavy atom. The third-order valence-electron chi connectivity index (χ3n) is 12.4. The van der Waals surface area contributed by atoms with Crippen LogP contribution in [0.15, 0.2) is 78.9 Å². The number of carbonyl (C=O) groups excluding carboxylic acids is 2. The SMILES string of the molecule is Cc1c(N(C(=O)c2cc(-c3cc(Cl)ccc3C(=O)N3Cc4ccccc4CC3CCCN(C)C)n(C)c2C)c2ccc(O[Si](C)(C)C(C)(C)C)cc2)cc(C#N)n1C. The van der Waals surface area contributed by atoms with Crippen molar-refractivity contribution in [2.75, 3.05) is 25.5 Å². The molecule has 0 bridgehead atoms. The molecule has 0 aliphatic carbocycles. The Hall–Kier alpha value is -5.08. The molecule has 0 spiro atoms. The molecule has 0 radical (unpaired) electrons. The number of hydrogen-bond acceptors (Lipinski definition) is 5. The third kappa shape index (κ3) is 8.40. The molecule has 0 fully saturated rings. The van der Waals surface area contributed by atoms with Crippen LogP contribution in [0.2, 0.25) is 23.2 Å². The van der Waals surface area contributed by atoms with Crippen LogP contribution in [0.4, 0.5) is 11.4 Å². The first-order valence-corrected chi connectivity index (χ1v) is 23.3. The van der Waals surface area contributed by atoms with Gasteiger partial charge in [0.15, 0.2) is 0 Å². The summed E-state index contributed by atoms with van der Waals surface area (Å²) in [6.45, 7) is 16.3. The van der Waals surface area contributed by atoms with E-state index >= 15 is 4.79 Å². The van der Waals surface area contributed by atoms with Crippen molar-refractivity contribution in [3.8, 4) is 23.1 Å². The molecule has 9 nitrogen and oxygen atoms in total. The standard InChI is InChI=1S/C47H57ClN6O3Si/c1-31-41(46(56)54(43-27-38(29-49)51(8)32(43)2)36-19-21-39(22-20-36)57-58(10,11)47(3,4)5)28-44(52(31)9)42-26-35(48)18-23-40(42)45(55)53-30-34-16-13-12-15-33(34)25-37(53)17-14-24-50(6)7/h12-13,15-16,18-23,26-28,37H,14,17,24-25,30H2,1-11H3. The lowest BCUT2D eigenvalue weighted by atomic mass is 9.90. The molecule has 3 heterocycles. The number of nitrogens with zero attached hydrogens (tertiary/aromatic N) is 6. The van der Waals surface area contributed by atoms with Gasteiger partial charge >= 0.3 is 0 Å². The van der Waals surface area contributed by atoms with Crippen LogP contribution in [0.3, 0.4) is 0 Å². The Kier molecular flexibility index (Phi) is 12.2. The van der Waals surface area contributed by atoms with E-state index in [-0.39, 0.29) is 22.9 Å². The van der Waals surface area contributed by atoms with Crippen molar-refractivity contribution in [2.45, 2.75) is 84.6 Å². The number of anilines is 2. The summed E-state index contributed by atoms with van der Waals surface area (Å²) < 4.78 is 10.3. The monoisotopic (exact) mass is 816 g/mol. The van der Waals surface area contributed by atoms with Crippen LogP contribution in [0, 0.1) is 25.2 Å². The predicted octanol–water partition coefficient (Wildman–Crippen LogP) is 10.4. The average molecular weight is 818 g/mol. The average Bonchev–Trinajstić information content (AvgIpc) is 3.63. The van der Waals surface area contributed by atoms with Gasteiger partial charge in [-0.15, -0.1) is 0 Å². The van der Waals surface area contributed by atoms with E-state index in [1.54, 1.807) is 21.6 Å². The Morgan fingerprint density at radius 3 is 2.21 bits per heavy atom. The van der Waals surface area contributed by atoms with E-state index in [2.05, 4.69) is 77.1 Å². The number of rotatable bonds is 11. The van der Waals surface area contributed by atoms with Gasteiger partial charge in [-0.2, -0.15) is 5.26 Å². The van der Waals surface area contributed by atoms with Gasteiger partial charge in [0.25, 0.3) is 11.8 Å². The summed E-state index contributed by atoms with van der Waals surface area (Å²) in [5.74, 6) is 0.422. The number of amides is 2.